The van der Waals surface area contributed by atoms with Crippen LogP contribution in [0.3, 0.4) is 0 Å². The molecule has 2 aromatic heterocycles. The summed E-state index contributed by atoms with van der Waals surface area (Å²) in [6.07, 6.45) is 4.00. The molecule has 0 saturated heterocycles. The average molecular weight is 275 g/mol. The zero-order valence-corrected chi connectivity index (χ0v) is 13.4. The molecule has 0 atom stereocenters. The Morgan fingerprint density at radius 3 is 2.45 bits per heavy atom. The van der Waals surface area contributed by atoms with Crippen molar-refractivity contribution in [3.05, 3.63) is 17.7 Å². The molecule has 0 radical (unpaired) electrons. The molecule has 0 aliphatic carbocycles. The number of aryl methyl sites for hydroxylation is 2. The predicted molar refractivity (Wildman–Crippen MR) is 82.5 cm³/mol. The van der Waals surface area contributed by atoms with Gasteiger partial charge < -0.3 is 10.3 Å². The molecule has 0 bridgehead atoms. The minimum absolute atomic E-state index is 0.0362. The molecule has 20 heavy (non-hydrogen) atoms. The van der Waals surface area contributed by atoms with E-state index in [1.807, 2.05) is 29.5 Å². The Hall–Kier alpha value is -1.78. The third-order valence-corrected chi connectivity index (χ3v) is 3.50. The van der Waals surface area contributed by atoms with Gasteiger partial charge in [-0.25, -0.2) is 4.98 Å². The molecule has 2 aromatic rings. The second-order valence-corrected chi connectivity index (χ2v) is 6.39. The molecule has 5 heteroatoms. The second-order valence-electron chi connectivity index (χ2n) is 6.39. The zero-order valence-electron chi connectivity index (χ0n) is 13.4. The number of aromatic nitrogens is 4. The number of imidazole rings is 1. The van der Waals surface area contributed by atoms with Crippen molar-refractivity contribution in [2.45, 2.75) is 46.0 Å². The Balaban J connectivity index is 2.60. The molecule has 0 aliphatic rings. The summed E-state index contributed by atoms with van der Waals surface area (Å²) in [5.74, 6) is 1.75. The molecule has 0 aliphatic heterocycles. The van der Waals surface area contributed by atoms with Gasteiger partial charge in [0, 0.05) is 37.7 Å². The number of rotatable bonds is 3. The first-order valence-electron chi connectivity index (χ1n) is 7.11. The Morgan fingerprint density at radius 1 is 1.25 bits per heavy atom. The van der Waals surface area contributed by atoms with Crippen molar-refractivity contribution in [1.29, 1.82) is 0 Å². The van der Waals surface area contributed by atoms with Gasteiger partial charge >= 0.3 is 0 Å². The van der Waals surface area contributed by atoms with Gasteiger partial charge in [0.05, 0.1) is 5.69 Å². The minimum atomic E-state index is -0.0362. The fourth-order valence-corrected chi connectivity index (χ4v) is 2.42. The lowest BCUT2D eigenvalue weighted by atomic mass is 9.89. The van der Waals surface area contributed by atoms with E-state index in [0.717, 1.165) is 35.6 Å². The fraction of sp³-hybridized carbons (Fsp3) is 0.600. The highest BCUT2D eigenvalue weighted by Crippen LogP contribution is 2.34. The summed E-state index contributed by atoms with van der Waals surface area (Å²) in [5, 5.41) is 4.60. The Bertz CT molecular complexity index is 613. The van der Waals surface area contributed by atoms with Gasteiger partial charge in [-0.2, -0.15) is 5.10 Å². The maximum absolute atomic E-state index is 6.25. The largest absolute Gasteiger partial charge is 0.383 e. The number of hydrogen-bond acceptors (Lipinski definition) is 3. The zero-order chi connectivity index (χ0) is 15.1. The van der Waals surface area contributed by atoms with Crippen LogP contribution in [0.15, 0.2) is 6.20 Å². The van der Waals surface area contributed by atoms with Crippen LogP contribution in [-0.2, 0) is 25.9 Å². The lowest BCUT2D eigenvalue weighted by molar-refractivity contribution is 0.554. The van der Waals surface area contributed by atoms with Crippen molar-refractivity contribution in [3.63, 3.8) is 0 Å². The predicted octanol–water partition coefficient (Wildman–Crippen LogP) is 2.65. The molecule has 0 saturated carbocycles. The molecule has 0 spiro atoms. The molecule has 2 N–H and O–H groups in total. The van der Waals surface area contributed by atoms with Crippen LogP contribution in [-0.4, -0.2) is 19.3 Å². The van der Waals surface area contributed by atoms with Crippen LogP contribution in [0.25, 0.3) is 11.3 Å². The summed E-state index contributed by atoms with van der Waals surface area (Å²) < 4.78 is 3.82. The Morgan fingerprint density at radius 2 is 1.90 bits per heavy atom. The van der Waals surface area contributed by atoms with Gasteiger partial charge in [-0.05, 0) is 6.42 Å². The Labute approximate surface area is 120 Å². The van der Waals surface area contributed by atoms with E-state index in [1.54, 1.807) is 0 Å². The smallest absolute Gasteiger partial charge is 0.131 e. The minimum Gasteiger partial charge on any atom is -0.383 e. The lowest BCUT2D eigenvalue weighted by Crippen LogP contribution is -2.14. The van der Waals surface area contributed by atoms with E-state index in [1.165, 1.54) is 0 Å². The van der Waals surface area contributed by atoms with Gasteiger partial charge in [0.2, 0.25) is 0 Å². The molecule has 2 heterocycles. The van der Waals surface area contributed by atoms with Crippen LogP contribution < -0.4 is 5.73 Å². The van der Waals surface area contributed by atoms with Crippen molar-refractivity contribution in [2.24, 2.45) is 14.1 Å². The topological polar surface area (TPSA) is 61.7 Å². The monoisotopic (exact) mass is 275 g/mol. The SMILES string of the molecule is CCCc1nc(-c2cn(C)nc2C(C)(C)C)c(N)n1C. The molecule has 0 unspecified atom stereocenters. The van der Waals surface area contributed by atoms with E-state index >= 15 is 0 Å². The molecular weight excluding hydrogens is 250 g/mol. The summed E-state index contributed by atoms with van der Waals surface area (Å²) in [6, 6.07) is 0. The summed E-state index contributed by atoms with van der Waals surface area (Å²) in [4.78, 5) is 4.74. The molecule has 5 nitrogen and oxygen atoms in total. The summed E-state index contributed by atoms with van der Waals surface area (Å²) >= 11 is 0. The third kappa shape index (κ3) is 2.44. The van der Waals surface area contributed by atoms with E-state index in [-0.39, 0.29) is 5.41 Å². The molecular formula is C15H25N5. The normalized spacial score (nSPS) is 12.1. The number of hydrogen-bond donors (Lipinski definition) is 1. The average Bonchev–Trinajstić information content (AvgIpc) is 2.85. The quantitative estimate of drug-likeness (QED) is 0.936. The van der Waals surface area contributed by atoms with Crippen molar-refractivity contribution in [2.75, 3.05) is 5.73 Å². The van der Waals surface area contributed by atoms with Crippen molar-refractivity contribution in [3.8, 4) is 11.3 Å². The fourth-order valence-electron chi connectivity index (χ4n) is 2.42. The molecule has 110 valence electrons. The summed E-state index contributed by atoms with van der Waals surface area (Å²) in [5.41, 5.74) is 9.14. The molecule has 0 aromatic carbocycles. The van der Waals surface area contributed by atoms with Crippen molar-refractivity contribution in [1.82, 2.24) is 19.3 Å². The second kappa shape index (κ2) is 4.96. The standard InChI is InChI=1S/C15H25N5/c1-7-8-11-17-12(14(16)20(11)6)10-9-19(5)18-13(10)15(2,3)4/h9H,7-8,16H2,1-6H3. The highest BCUT2D eigenvalue weighted by atomic mass is 15.3. The summed E-state index contributed by atoms with van der Waals surface area (Å²) in [7, 11) is 3.91. The third-order valence-electron chi connectivity index (χ3n) is 3.50. The first kappa shape index (κ1) is 14.6. The first-order valence-corrected chi connectivity index (χ1v) is 7.11. The van der Waals surface area contributed by atoms with Gasteiger partial charge in [-0.15, -0.1) is 0 Å². The van der Waals surface area contributed by atoms with Crippen LogP contribution in [0.4, 0.5) is 5.82 Å². The first-order chi connectivity index (χ1) is 9.25. The number of nitrogen functional groups attached to an aromatic ring is 1. The van der Waals surface area contributed by atoms with Crippen LogP contribution in [0.1, 0.15) is 45.6 Å². The van der Waals surface area contributed by atoms with Gasteiger partial charge in [0.1, 0.15) is 17.3 Å². The Kier molecular flexibility index (Phi) is 3.63. The van der Waals surface area contributed by atoms with Gasteiger partial charge in [0.15, 0.2) is 0 Å². The number of nitrogens with two attached hydrogens (primary N) is 1. The van der Waals surface area contributed by atoms with Gasteiger partial charge in [-0.3, -0.25) is 4.68 Å². The van der Waals surface area contributed by atoms with Crippen molar-refractivity contribution >= 4 is 5.82 Å². The maximum atomic E-state index is 6.25. The highest BCUT2D eigenvalue weighted by Gasteiger charge is 2.26. The van der Waals surface area contributed by atoms with Gasteiger partial charge in [-0.1, -0.05) is 27.7 Å². The van der Waals surface area contributed by atoms with Crippen LogP contribution in [0.2, 0.25) is 0 Å². The molecule has 0 fully saturated rings. The lowest BCUT2D eigenvalue weighted by Gasteiger charge is -2.16. The van der Waals surface area contributed by atoms with Crippen LogP contribution in [0, 0.1) is 0 Å². The van der Waals surface area contributed by atoms with E-state index < -0.39 is 0 Å². The number of nitrogens with zero attached hydrogens (tertiary/aromatic N) is 4. The molecule has 2 rings (SSSR count). The number of anilines is 1. The van der Waals surface area contributed by atoms with Gasteiger partial charge in [0.25, 0.3) is 0 Å². The van der Waals surface area contributed by atoms with Crippen LogP contribution >= 0.6 is 0 Å². The van der Waals surface area contributed by atoms with E-state index in [9.17, 15) is 0 Å². The molecule has 0 amide bonds. The highest BCUT2D eigenvalue weighted by molar-refractivity contribution is 5.73. The van der Waals surface area contributed by atoms with Crippen molar-refractivity contribution < 1.29 is 0 Å². The van der Waals surface area contributed by atoms with Crippen LogP contribution in [0.5, 0.6) is 0 Å². The maximum Gasteiger partial charge on any atom is 0.131 e. The van der Waals surface area contributed by atoms with E-state index in [4.69, 9.17) is 10.7 Å². The van der Waals surface area contributed by atoms with E-state index in [0.29, 0.717) is 5.82 Å². The summed E-state index contributed by atoms with van der Waals surface area (Å²) in [6.45, 7) is 8.62. The van der Waals surface area contributed by atoms with E-state index in [2.05, 4.69) is 32.8 Å².